The molecule has 20 heavy (non-hydrogen) atoms. The lowest BCUT2D eigenvalue weighted by Gasteiger charge is -2.13. The van der Waals surface area contributed by atoms with Crippen molar-refractivity contribution in [3.63, 3.8) is 0 Å². The molecule has 1 heterocycles. The van der Waals surface area contributed by atoms with Crippen molar-refractivity contribution in [2.24, 2.45) is 0 Å². The van der Waals surface area contributed by atoms with E-state index in [1.54, 1.807) is 18.3 Å². The van der Waals surface area contributed by atoms with Crippen LogP contribution in [0.4, 0.5) is 18.9 Å². The number of hydrogen-bond acceptors (Lipinski definition) is 4. The quantitative estimate of drug-likeness (QED) is 0.879. The predicted octanol–water partition coefficient (Wildman–Crippen LogP) is 3.24. The summed E-state index contributed by atoms with van der Waals surface area (Å²) in [5.41, 5.74) is 7.01. The van der Waals surface area contributed by atoms with Crippen LogP contribution in [0, 0.1) is 0 Å². The molecule has 0 fully saturated rings. The van der Waals surface area contributed by atoms with Gasteiger partial charge in [0.1, 0.15) is 5.75 Å². The molecule has 2 N–H and O–H groups in total. The first-order valence-electron chi connectivity index (χ1n) is 5.55. The summed E-state index contributed by atoms with van der Waals surface area (Å²) in [5.74, 6) is -0.0368. The molecule has 0 spiro atoms. The Hall–Kier alpha value is -2.44. The number of alkyl halides is 3. The van der Waals surface area contributed by atoms with Crippen LogP contribution in [0.15, 0.2) is 36.5 Å². The Morgan fingerprint density at radius 1 is 1.15 bits per heavy atom. The van der Waals surface area contributed by atoms with E-state index in [1.165, 1.54) is 19.2 Å². The van der Waals surface area contributed by atoms with E-state index in [-0.39, 0.29) is 11.4 Å². The average Bonchev–Trinajstić information content (AvgIpc) is 2.37. The van der Waals surface area contributed by atoms with Crippen LogP contribution >= 0.6 is 0 Å². The van der Waals surface area contributed by atoms with E-state index in [0.29, 0.717) is 17.0 Å². The molecule has 0 aliphatic rings. The molecule has 0 saturated heterocycles. The van der Waals surface area contributed by atoms with Crippen molar-refractivity contribution in [1.82, 2.24) is 4.98 Å². The number of nitrogens with zero attached hydrogens (tertiary/aromatic N) is 1. The van der Waals surface area contributed by atoms with Crippen molar-refractivity contribution < 1.29 is 22.6 Å². The number of ether oxygens (including phenoxy) is 2. The van der Waals surface area contributed by atoms with Gasteiger partial charge in [-0.05, 0) is 24.3 Å². The first-order valence-corrected chi connectivity index (χ1v) is 5.55. The topological polar surface area (TPSA) is 57.4 Å². The molecule has 1 aromatic heterocycles. The number of pyridine rings is 1. The maximum Gasteiger partial charge on any atom is 0.573 e. The van der Waals surface area contributed by atoms with Crippen LogP contribution < -0.4 is 15.2 Å². The largest absolute Gasteiger partial charge is 0.573 e. The van der Waals surface area contributed by atoms with Gasteiger partial charge in [-0.1, -0.05) is 0 Å². The highest BCUT2D eigenvalue weighted by molar-refractivity contribution is 5.80. The molecule has 0 aliphatic heterocycles. The van der Waals surface area contributed by atoms with Gasteiger partial charge in [-0.3, -0.25) is 0 Å². The van der Waals surface area contributed by atoms with Crippen LogP contribution in [0.5, 0.6) is 11.6 Å². The van der Waals surface area contributed by atoms with Gasteiger partial charge in [-0.25, -0.2) is 4.98 Å². The van der Waals surface area contributed by atoms with Gasteiger partial charge >= 0.3 is 6.36 Å². The fraction of sp³-hybridized carbons (Fsp3) is 0.154. The van der Waals surface area contributed by atoms with Crippen molar-refractivity contribution in [3.05, 3.63) is 36.5 Å². The fourth-order valence-electron chi connectivity index (χ4n) is 1.74. The van der Waals surface area contributed by atoms with E-state index < -0.39 is 6.36 Å². The summed E-state index contributed by atoms with van der Waals surface area (Å²) in [7, 11) is 1.45. The normalized spacial score (nSPS) is 11.2. The van der Waals surface area contributed by atoms with E-state index in [1.807, 2.05) is 0 Å². The molecule has 0 saturated carbocycles. The summed E-state index contributed by atoms with van der Waals surface area (Å²) >= 11 is 0. The smallest absolute Gasteiger partial charge is 0.481 e. The van der Waals surface area contributed by atoms with Gasteiger partial charge < -0.3 is 15.2 Å². The highest BCUT2D eigenvalue weighted by Crippen LogP contribution is 2.35. The number of anilines is 1. The van der Waals surface area contributed by atoms with Crippen LogP contribution in [-0.2, 0) is 0 Å². The molecular formula is C13H11F3N2O2. The van der Waals surface area contributed by atoms with Crippen LogP contribution in [0.2, 0.25) is 0 Å². The monoisotopic (exact) mass is 284 g/mol. The Kier molecular flexibility index (Phi) is 3.69. The molecular weight excluding hydrogens is 273 g/mol. The summed E-state index contributed by atoms with van der Waals surface area (Å²) in [6.45, 7) is 0. The highest BCUT2D eigenvalue weighted by Gasteiger charge is 2.31. The number of aromatic nitrogens is 1. The van der Waals surface area contributed by atoms with Gasteiger partial charge in [0.2, 0.25) is 5.88 Å². The standard InChI is InChI=1S/C13H11F3N2O2/c1-19-12-10(3-2-6-18-12)9-5-4-8(7-11(9)17)20-13(14,15)16/h2-7H,17H2,1H3. The second kappa shape index (κ2) is 5.28. The molecule has 4 nitrogen and oxygen atoms in total. The Balaban J connectivity index is 2.39. The summed E-state index contributed by atoms with van der Waals surface area (Å²) in [4.78, 5) is 4.01. The summed E-state index contributed by atoms with van der Waals surface area (Å²) in [5, 5.41) is 0. The van der Waals surface area contributed by atoms with Crippen molar-refractivity contribution in [3.8, 4) is 22.8 Å². The minimum atomic E-state index is -4.75. The van der Waals surface area contributed by atoms with Gasteiger partial charge in [-0.15, -0.1) is 13.2 Å². The van der Waals surface area contributed by atoms with Crippen molar-refractivity contribution >= 4 is 5.69 Å². The predicted molar refractivity (Wildman–Crippen MR) is 67.3 cm³/mol. The lowest BCUT2D eigenvalue weighted by molar-refractivity contribution is -0.274. The summed E-state index contributed by atoms with van der Waals surface area (Å²) < 4.78 is 45.3. The zero-order valence-corrected chi connectivity index (χ0v) is 10.4. The zero-order chi connectivity index (χ0) is 14.8. The van der Waals surface area contributed by atoms with Crippen LogP contribution in [0.25, 0.3) is 11.1 Å². The minimum absolute atomic E-state index is 0.137. The van der Waals surface area contributed by atoms with Crippen molar-refractivity contribution in [2.75, 3.05) is 12.8 Å². The van der Waals surface area contributed by atoms with Gasteiger partial charge in [0.05, 0.1) is 7.11 Å². The Morgan fingerprint density at radius 2 is 1.90 bits per heavy atom. The van der Waals surface area contributed by atoms with E-state index in [9.17, 15) is 13.2 Å². The maximum atomic E-state index is 12.1. The van der Waals surface area contributed by atoms with E-state index >= 15 is 0 Å². The lowest BCUT2D eigenvalue weighted by Crippen LogP contribution is -2.17. The number of methoxy groups -OCH3 is 1. The molecule has 0 atom stereocenters. The van der Waals surface area contributed by atoms with Crippen LogP contribution in [0.1, 0.15) is 0 Å². The average molecular weight is 284 g/mol. The highest BCUT2D eigenvalue weighted by atomic mass is 19.4. The number of nitrogen functional groups attached to an aromatic ring is 1. The zero-order valence-electron chi connectivity index (χ0n) is 10.4. The third-order valence-electron chi connectivity index (χ3n) is 2.51. The van der Waals surface area contributed by atoms with E-state index in [4.69, 9.17) is 10.5 Å². The first kappa shape index (κ1) is 14.0. The molecule has 0 bridgehead atoms. The third kappa shape index (κ3) is 3.11. The number of rotatable bonds is 3. The molecule has 0 radical (unpaired) electrons. The molecule has 2 rings (SSSR count). The second-order valence-corrected chi connectivity index (χ2v) is 3.86. The third-order valence-corrected chi connectivity index (χ3v) is 2.51. The Labute approximate surface area is 113 Å². The second-order valence-electron chi connectivity index (χ2n) is 3.86. The fourth-order valence-corrected chi connectivity index (χ4v) is 1.74. The molecule has 0 unspecified atom stereocenters. The van der Waals surface area contributed by atoms with Gasteiger partial charge in [0, 0.05) is 29.1 Å². The number of benzene rings is 1. The summed E-state index contributed by atoms with van der Waals surface area (Å²) in [6.07, 6.45) is -3.21. The van der Waals surface area contributed by atoms with Gasteiger partial charge in [-0.2, -0.15) is 0 Å². The number of nitrogens with two attached hydrogens (primary N) is 1. The van der Waals surface area contributed by atoms with Crippen molar-refractivity contribution in [1.29, 1.82) is 0 Å². The molecule has 106 valence electrons. The van der Waals surface area contributed by atoms with E-state index in [2.05, 4.69) is 9.72 Å². The maximum absolute atomic E-state index is 12.1. The number of hydrogen-bond donors (Lipinski definition) is 1. The van der Waals surface area contributed by atoms with Crippen LogP contribution in [-0.4, -0.2) is 18.5 Å². The Morgan fingerprint density at radius 3 is 2.50 bits per heavy atom. The van der Waals surface area contributed by atoms with Gasteiger partial charge in [0.15, 0.2) is 0 Å². The van der Waals surface area contributed by atoms with E-state index in [0.717, 1.165) is 6.07 Å². The lowest BCUT2D eigenvalue weighted by atomic mass is 10.0. The molecule has 2 aromatic rings. The number of halogens is 3. The molecule has 0 amide bonds. The van der Waals surface area contributed by atoms with Crippen molar-refractivity contribution in [2.45, 2.75) is 6.36 Å². The molecule has 7 heteroatoms. The minimum Gasteiger partial charge on any atom is -0.481 e. The molecule has 1 aromatic carbocycles. The van der Waals surface area contributed by atoms with Gasteiger partial charge in [0.25, 0.3) is 0 Å². The van der Waals surface area contributed by atoms with Crippen LogP contribution in [0.3, 0.4) is 0 Å². The Bertz CT molecular complexity index is 615. The first-order chi connectivity index (χ1) is 9.40. The summed E-state index contributed by atoms with van der Waals surface area (Å²) in [6, 6.07) is 7.11. The SMILES string of the molecule is COc1ncccc1-c1ccc(OC(F)(F)F)cc1N. The molecule has 0 aliphatic carbocycles.